The molecular formula is C14H11N3. The lowest BCUT2D eigenvalue weighted by Crippen LogP contribution is -1.77. The van der Waals surface area contributed by atoms with Crippen molar-refractivity contribution in [3.05, 3.63) is 60.6 Å². The van der Waals surface area contributed by atoms with Crippen LogP contribution in [0.25, 0.3) is 10.9 Å². The van der Waals surface area contributed by atoms with Crippen LogP contribution >= 0.6 is 0 Å². The number of hydrogen-bond acceptors (Lipinski definition) is 2. The highest BCUT2D eigenvalue weighted by molar-refractivity contribution is 5.99. The summed E-state index contributed by atoms with van der Waals surface area (Å²) in [5, 5.41) is 1.18. The Morgan fingerprint density at radius 2 is 2.06 bits per heavy atom. The van der Waals surface area contributed by atoms with Gasteiger partial charge in [-0.25, -0.2) is 0 Å². The summed E-state index contributed by atoms with van der Waals surface area (Å²) in [6.07, 6.45) is 7.30. The Bertz CT molecular complexity index is 653. The summed E-state index contributed by atoms with van der Waals surface area (Å²) < 4.78 is 0. The van der Waals surface area contributed by atoms with Gasteiger partial charge in [-0.1, -0.05) is 18.2 Å². The van der Waals surface area contributed by atoms with E-state index < -0.39 is 0 Å². The largest absolute Gasteiger partial charge is 0.361 e. The Hall–Kier alpha value is -2.42. The van der Waals surface area contributed by atoms with Crippen molar-refractivity contribution in [3.8, 4) is 0 Å². The molecule has 0 unspecified atom stereocenters. The number of aromatic amines is 1. The highest BCUT2D eigenvalue weighted by Crippen LogP contribution is 2.17. The summed E-state index contributed by atoms with van der Waals surface area (Å²) in [4.78, 5) is 11.6. The topological polar surface area (TPSA) is 41.0 Å². The fourth-order valence-electron chi connectivity index (χ4n) is 1.77. The first-order chi connectivity index (χ1) is 8.43. The molecule has 0 atom stereocenters. The van der Waals surface area contributed by atoms with Gasteiger partial charge < -0.3 is 4.98 Å². The first-order valence-electron chi connectivity index (χ1n) is 5.44. The zero-order valence-corrected chi connectivity index (χ0v) is 9.17. The van der Waals surface area contributed by atoms with E-state index in [1.807, 2.05) is 36.7 Å². The van der Waals surface area contributed by atoms with E-state index in [4.69, 9.17) is 0 Å². The van der Waals surface area contributed by atoms with E-state index in [9.17, 15) is 0 Å². The predicted molar refractivity (Wildman–Crippen MR) is 69.8 cm³/mol. The number of hydrogen-bond donors (Lipinski definition) is 1. The van der Waals surface area contributed by atoms with Crippen LogP contribution in [-0.2, 0) is 0 Å². The van der Waals surface area contributed by atoms with Crippen LogP contribution in [0.5, 0.6) is 0 Å². The van der Waals surface area contributed by atoms with Gasteiger partial charge in [-0.3, -0.25) is 9.98 Å². The minimum atomic E-state index is 0.859. The minimum Gasteiger partial charge on any atom is -0.361 e. The number of nitrogens with zero attached hydrogens (tertiary/aromatic N) is 2. The van der Waals surface area contributed by atoms with Gasteiger partial charge >= 0.3 is 0 Å². The average Bonchev–Trinajstić information content (AvgIpc) is 2.81. The van der Waals surface area contributed by atoms with Crippen LogP contribution in [-0.4, -0.2) is 16.2 Å². The Balaban J connectivity index is 1.98. The molecule has 0 bridgehead atoms. The summed E-state index contributed by atoms with van der Waals surface area (Å²) in [6, 6.07) is 12.0. The summed E-state index contributed by atoms with van der Waals surface area (Å²) in [5.74, 6) is 0. The number of fused-ring (bicyclic) bond motifs is 1. The van der Waals surface area contributed by atoms with E-state index in [1.54, 1.807) is 12.4 Å². The van der Waals surface area contributed by atoms with Crippen molar-refractivity contribution in [2.75, 3.05) is 0 Å². The zero-order chi connectivity index (χ0) is 11.5. The van der Waals surface area contributed by atoms with Crippen LogP contribution in [0.15, 0.2) is 60.0 Å². The molecule has 0 amide bonds. The van der Waals surface area contributed by atoms with Gasteiger partial charge in [0.25, 0.3) is 0 Å². The number of nitrogens with one attached hydrogen (secondary N) is 1. The molecule has 1 aromatic carbocycles. The van der Waals surface area contributed by atoms with Crippen LogP contribution < -0.4 is 0 Å². The number of pyridine rings is 1. The van der Waals surface area contributed by atoms with E-state index in [-0.39, 0.29) is 0 Å². The highest BCUT2D eigenvalue weighted by atomic mass is 14.8. The Kier molecular flexibility index (Phi) is 2.43. The fraction of sp³-hybridized carbons (Fsp3) is 0. The van der Waals surface area contributed by atoms with Gasteiger partial charge in [-0.2, -0.15) is 0 Å². The van der Waals surface area contributed by atoms with E-state index in [2.05, 4.69) is 27.1 Å². The molecule has 0 aliphatic rings. The highest BCUT2D eigenvalue weighted by Gasteiger charge is 1.99. The smallest absolute Gasteiger partial charge is 0.0813 e. The van der Waals surface area contributed by atoms with Crippen molar-refractivity contribution in [3.63, 3.8) is 0 Å². The first-order valence-corrected chi connectivity index (χ1v) is 5.44. The molecule has 2 heterocycles. The second kappa shape index (κ2) is 4.22. The molecule has 0 fully saturated rings. The van der Waals surface area contributed by atoms with Gasteiger partial charge in [0.15, 0.2) is 0 Å². The summed E-state index contributed by atoms with van der Waals surface area (Å²) in [5.41, 5.74) is 3.07. The average molecular weight is 221 g/mol. The van der Waals surface area contributed by atoms with Gasteiger partial charge in [-0.05, 0) is 18.2 Å². The van der Waals surface area contributed by atoms with Crippen molar-refractivity contribution in [1.29, 1.82) is 0 Å². The third kappa shape index (κ3) is 1.95. The molecule has 1 N–H and O–H groups in total. The third-order valence-corrected chi connectivity index (χ3v) is 2.62. The van der Waals surface area contributed by atoms with Crippen molar-refractivity contribution in [2.45, 2.75) is 0 Å². The van der Waals surface area contributed by atoms with Crippen molar-refractivity contribution < 1.29 is 0 Å². The molecule has 0 radical (unpaired) electrons. The van der Waals surface area contributed by atoms with Crippen LogP contribution in [0.4, 0.5) is 5.69 Å². The molecular weight excluding hydrogens is 210 g/mol. The lowest BCUT2D eigenvalue weighted by molar-refractivity contribution is 1.31. The molecule has 0 spiro atoms. The maximum Gasteiger partial charge on any atom is 0.0813 e. The molecule has 0 saturated carbocycles. The molecule has 0 aliphatic heterocycles. The van der Waals surface area contributed by atoms with Crippen molar-refractivity contribution >= 4 is 22.8 Å². The fourth-order valence-corrected chi connectivity index (χ4v) is 1.77. The summed E-state index contributed by atoms with van der Waals surface area (Å²) in [7, 11) is 0. The number of benzene rings is 1. The molecule has 17 heavy (non-hydrogen) atoms. The number of aromatic nitrogens is 2. The Morgan fingerprint density at radius 1 is 1.12 bits per heavy atom. The van der Waals surface area contributed by atoms with E-state index >= 15 is 0 Å². The molecule has 3 heteroatoms. The van der Waals surface area contributed by atoms with Crippen LogP contribution in [0.3, 0.4) is 0 Å². The van der Waals surface area contributed by atoms with E-state index in [1.165, 1.54) is 5.39 Å². The van der Waals surface area contributed by atoms with Gasteiger partial charge in [0.2, 0.25) is 0 Å². The number of H-pyrrole nitrogens is 1. The second-order valence-electron chi connectivity index (χ2n) is 3.76. The number of rotatable bonds is 2. The first kappa shape index (κ1) is 9.78. The minimum absolute atomic E-state index is 0.859. The second-order valence-corrected chi connectivity index (χ2v) is 3.76. The van der Waals surface area contributed by atoms with Gasteiger partial charge in [0.1, 0.15) is 0 Å². The molecule has 3 rings (SSSR count). The van der Waals surface area contributed by atoms with E-state index in [0.29, 0.717) is 0 Å². The maximum absolute atomic E-state index is 4.39. The van der Waals surface area contributed by atoms with Crippen LogP contribution in [0.2, 0.25) is 0 Å². The summed E-state index contributed by atoms with van der Waals surface area (Å²) >= 11 is 0. The van der Waals surface area contributed by atoms with Crippen LogP contribution in [0, 0.1) is 0 Å². The molecule has 3 aromatic rings. The van der Waals surface area contributed by atoms with E-state index in [0.717, 1.165) is 16.8 Å². The molecule has 0 aliphatic carbocycles. The summed E-state index contributed by atoms with van der Waals surface area (Å²) in [6.45, 7) is 0. The monoisotopic (exact) mass is 221 g/mol. The molecule has 82 valence electrons. The van der Waals surface area contributed by atoms with Crippen LogP contribution in [0.1, 0.15) is 5.56 Å². The van der Waals surface area contributed by atoms with Gasteiger partial charge in [-0.15, -0.1) is 0 Å². The van der Waals surface area contributed by atoms with Crippen molar-refractivity contribution in [2.24, 2.45) is 4.99 Å². The number of para-hydroxylation sites is 1. The lowest BCUT2D eigenvalue weighted by atomic mass is 10.2. The van der Waals surface area contributed by atoms with Gasteiger partial charge in [0.05, 0.1) is 11.9 Å². The Morgan fingerprint density at radius 3 is 2.94 bits per heavy atom. The standard InChI is InChI=1S/C14H11N3/c1-2-6-14-13(5-1)11(9-17-14)8-16-12-4-3-7-15-10-12/h1-10,17H/b16-8-. The Labute approximate surface area is 98.9 Å². The zero-order valence-electron chi connectivity index (χ0n) is 9.17. The maximum atomic E-state index is 4.39. The third-order valence-electron chi connectivity index (χ3n) is 2.62. The SMILES string of the molecule is C(=N/c1cccnc1)/c1c[nH]c2ccccc12. The predicted octanol–water partition coefficient (Wildman–Crippen LogP) is 3.31. The van der Waals surface area contributed by atoms with Crippen molar-refractivity contribution in [1.82, 2.24) is 9.97 Å². The molecule has 2 aromatic heterocycles. The quantitative estimate of drug-likeness (QED) is 0.662. The number of aliphatic imine (C=N–C) groups is 1. The molecule has 0 saturated heterocycles. The molecule has 3 nitrogen and oxygen atoms in total. The normalized spacial score (nSPS) is 11.3. The van der Waals surface area contributed by atoms with Gasteiger partial charge in [0, 0.05) is 35.1 Å². The lowest BCUT2D eigenvalue weighted by Gasteiger charge is -1.92.